The number of aromatic nitrogens is 1. The number of carbonyl (C=O) groups excluding carboxylic acids is 1. The van der Waals surface area contributed by atoms with Crippen LogP contribution in [0.1, 0.15) is 17.1 Å². The Labute approximate surface area is 128 Å². The van der Waals surface area contributed by atoms with Gasteiger partial charge < -0.3 is 15.8 Å². The van der Waals surface area contributed by atoms with Crippen LogP contribution in [0.3, 0.4) is 0 Å². The van der Waals surface area contributed by atoms with Crippen LogP contribution in [0.4, 0.5) is 5.69 Å². The first-order chi connectivity index (χ1) is 10.2. The van der Waals surface area contributed by atoms with E-state index in [1.165, 1.54) is 0 Å². The molecule has 1 aromatic carbocycles. The molecule has 21 heavy (non-hydrogen) atoms. The Balaban J connectivity index is 1.90. The largest absolute Gasteiger partial charge is 0.497 e. The zero-order valence-corrected chi connectivity index (χ0v) is 12.8. The number of nitrogens with one attached hydrogen (secondary N) is 1. The molecule has 0 aliphatic carbocycles. The predicted octanol–water partition coefficient (Wildman–Crippen LogP) is 2.22. The Morgan fingerprint density at radius 1 is 1.48 bits per heavy atom. The standard InChI is InChI=1S/C15H19N3O2S/c1-20-13-5-2-4-11(8-13)17-14(19)9-12-10-21-15(18-12)6-3-7-16/h2,4-5,8,10H,3,6-7,9,16H2,1H3,(H,17,19). The number of anilines is 1. The van der Waals surface area contributed by atoms with E-state index >= 15 is 0 Å². The Morgan fingerprint density at radius 3 is 3.10 bits per heavy atom. The molecule has 0 fully saturated rings. The van der Waals surface area contributed by atoms with E-state index < -0.39 is 0 Å². The lowest BCUT2D eigenvalue weighted by molar-refractivity contribution is -0.115. The molecule has 0 spiro atoms. The maximum atomic E-state index is 12.0. The number of amides is 1. The van der Waals surface area contributed by atoms with Gasteiger partial charge in [-0.15, -0.1) is 11.3 Å². The van der Waals surface area contributed by atoms with E-state index in [0.29, 0.717) is 12.3 Å². The molecule has 1 aromatic heterocycles. The smallest absolute Gasteiger partial charge is 0.230 e. The minimum Gasteiger partial charge on any atom is -0.497 e. The lowest BCUT2D eigenvalue weighted by Gasteiger charge is -2.06. The van der Waals surface area contributed by atoms with Crippen LogP contribution in [0.2, 0.25) is 0 Å². The van der Waals surface area contributed by atoms with Gasteiger partial charge in [-0.05, 0) is 25.1 Å². The minimum atomic E-state index is -0.0843. The van der Waals surface area contributed by atoms with Gasteiger partial charge in [0.15, 0.2) is 0 Å². The molecule has 112 valence electrons. The fraction of sp³-hybridized carbons (Fsp3) is 0.333. The summed E-state index contributed by atoms with van der Waals surface area (Å²) in [7, 11) is 1.60. The van der Waals surface area contributed by atoms with Gasteiger partial charge in [0.2, 0.25) is 5.91 Å². The van der Waals surface area contributed by atoms with Gasteiger partial charge in [0.1, 0.15) is 5.75 Å². The van der Waals surface area contributed by atoms with Gasteiger partial charge in [-0.3, -0.25) is 4.79 Å². The summed E-state index contributed by atoms with van der Waals surface area (Å²) in [5.41, 5.74) is 6.99. The monoisotopic (exact) mass is 305 g/mol. The molecule has 0 saturated carbocycles. The van der Waals surface area contributed by atoms with E-state index in [1.54, 1.807) is 24.5 Å². The highest BCUT2D eigenvalue weighted by molar-refractivity contribution is 7.09. The highest BCUT2D eigenvalue weighted by Crippen LogP contribution is 2.17. The number of carbonyl (C=O) groups is 1. The molecule has 0 unspecified atom stereocenters. The third-order valence-electron chi connectivity index (χ3n) is 2.89. The lowest BCUT2D eigenvalue weighted by Crippen LogP contribution is -2.14. The maximum absolute atomic E-state index is 12.0. The number of hydrogen-bond acceptors (Lipinski definition) is 5. The first-order valence-electron chi connectivity index (χ1n) is 6.78. The van der Waals surface area contributed by atoms with E-state index in [0.717, 1.165) is 29.2 Å². The molecule has 2 rings (SSSR count). The number of benzene rings is 1. The van der Waals surface area contributed by atoms with Crippen LogP contribution in [0.15, 0.2) is 29.6 Å². The van der Waals surface area contributed by atoms with E-state index in [4.69, 9.17) is 10.5 Å². The number of methoxy groups -OCH3 is 1. The van der Waals surface area contributed by atoms with E-state index in [2.05, 4.69) is 10.3 Å². The summed E-state index contributed by atoms with van der Waals surface area (Å²) in [6.45, 7) is 0.658. The van der Waals surface area contributed by atoms with E-state index in [1.807, 2.05) is 23.6 Å². The molecule has 5 nitrogen and oxygen atoms in total. The first kappa shape index (κ1) is 15.5. The molecule has 0 atom stereocenters. The topological polar surface area (TPSA) is 77.2 Å². The van der Waals surface area contributed by atoms with Gasteiger partial charge in [-0.25, -0.2) is 4.98 Å². The van der Waals surface area contributed by atoms with Gasteiger partial charge in [0.05, 0.1) is 24.2 Å². The second-order valence-electron chi connectivity index (χ2n) is 4.58. The molecule has 1 amide bonds. The third kappa shape index (κ3) is 4.84. The second kappa shape index (κ2) is 7.75. The quantitative estimate of drug-likeness (QED) is 0.822. The summed E-state index contributed by atoms with van der Waals surface area (Å²) < 4.78 is 5.12. The van der Waals surface area contributed by atoms with Gasteiger partial charge in [-0.1, -0.05) is 6.07 Å². The number of ether oxygens (including phenoxy) is 1. The van der Waals surface area contributed by atoms with Gasteiger partial charge in [0.25, 0.3) is 0 Å². The summed E-state index contributed by atoms with van der Waals surface area (Å²) >= 11 is 1.58. The Bertz CT molecular complexity index is 598. The van der Waals surface area contributed by atoms with Crippen molar-refractivity contribution in [2.24, 2.45) is 5.73 Å². The van der Waals surface area contributed by atoms with Crippen molar-refractivity contribution in [3.05, 3.63) is 40.3 Å². The van der Waals surface area contributed by atoms with Crippen LogP contribution in [-0.4, -0.2) is 24.5 Å². The van der Waals surface area contributed by atoms with Gasteiger partial charge in [0, 0.05) is 23.6 Å². The summed E-state index contributed by atoms with van der Waals surface area (Å²) in [5.74, 6) is 0.629. The van der Waals surface area contributed by atoms with Crippen LogP contribution < -0.4 is 15.8 Å². The van der Waals surface area contributed by atoms with E-state index in [-0.39, 0.29) is 12.3 Å². The number of hydrogen-bond donors (Lipinski definition) is 2. The predicted molar refractivity (Wildman–Crippen MR) is 84.8 cm³/mol. The van der Waals surface area contributed by atoms with Crippen molar-refractivity contribution < 1.29 is 9.53 Å². The molecular formula is C15H19N3O2S. The van der Waals surface area contributed by atoms with Gasteiger partial charge in [-0.2, -0.15) is 0 Å². The molecular weight excluding hydrogens is 286 g/mol. The summed E-state index contributed by atoms with van der Waals surface area (Å²) in [5, 5.41) is 5.80. The van der Waals surface area contributed by atoms with Crippen molar-refractivity contribution in [2.75, 3.05) is 19.0 Å². The summed E-state index contributed by atoms with van der Waals surface area (Å²) in [6.07, 6.45) is 2.07. The van der Waals surface area contributed by atoms with Crippen molar-refractivity contribution in [1.82, 2.24) is 4.98 Å². The van der Waals surface area contributed by atoms with Gasteiger partial charge >= 0.3 is 0 Å². The molecule has 2 aromatic rings. The van der Waals surface area contributed by atoms with Crippen LogP contribution in [0.5, 0.6) is 5.75 Å². The molecule has 3 N–H and O–H groups in total. The number of aryl methyl sites for hydroxylation is 1. The molecule has 0 aliphatic rings. The summed E-state index contributed by atoms with van der Waals surface area (Å²) in [4.78, 5) is 16.4. The highest BCUT2D eigenvalue weighted by Gasteiger charge is 2.08. The molecule has 6 heteroatoms. The lowest BCUT2D eigenvalue weighted by atomic mass is 10.2. The van der Waals surface area contributed by atoms with Crippen LogP contribution in [-0.2, 0) is 17.6 Å². The minimum absolute atomic E-state index is 0.0843. The number of rotatable bonds is 7. The van der Waals surface area contributed by atoms with Crippen molar-refractivity contribution in [2.45, 2.75) is 19.3 Å². The van der Waals surface area contributed by atoms with Crippen molar-refractivity contribution >= 4 is 22.9 Å². The Morgan fingerprint density at radius 2 is 2.33 bits per heavy atom. The number of nitrogens with zero attached hydrogens (tertiary/aromatic N) is 1. The average Bonchev–Trinajstić information content (AvgIpc) is 2.92. The Kier molecular flexibility index (Phi) is 5.71. The molecule has 0 saturated heterocycles. The van der Waals surface area contributed by atoms with Crippen molar-refractivity contribution in [1.29, 1.82) is 0 Å². The second-order valence-corrected chi connectivity index (χ2v) is 5.52. The van der Waals surface area contributed by atoms with Crippen molar-refractivity contribution in [3.63, 3.8) is 0 Å². The maximum Gasteiger partial charge on any atom is 0.230 e. The van der Waals surface area contributed by atoms with Crippen LogP contribution in [0.25, 0.3) is 0 Å². The average molecular weight is 305 g/mol. The van der Waals surface area contributed by atoms with Crippen LogP contribution in [0, 0.1) is 0 Å². The fourth-order valence-electron chi connectivity index (χ4n) is 1.87. The zero-order chi connectivity index (χ0) is 15.1. The normalized spacial score (nSPS) is 10.4. The number of nitrogens with two attached hydrogens (primary N) is 1. The molecule has 0 radical (unpaired) electrons. The molecule has 1 heterocycles. The molecule has 0 aliphatic heterocycles. The molecule has 0 bridgehead atoms. The first-order valence-corrected chi connectivity index (χ1v) is 7.66. The number of thiazole rings is 1. The fourth-order valence-corrected chi connectivity index (χ4v) is 2.71. The van der Waals surface area contributed by atoms with E-state index in [9.17, 15) is 4.79 Å². The SMILES string of the molecule is COc1cccc(NC(=O)Cc2csc(CCCN)n2)c1. The summed E-state index contributed by atoms with van der Waals surface area (Å²) in [6, 6.07) is 7.28. The van der Waals surface area contributed by atoms with Crippen LogP contribution >= 0.6 is 11.3 Å². The highest BCUT2D eigenvalue weighted by atomic mass is 32.1. The zero-order valence-electron chi connectivity index (χ0n) is 12.0. The third-order valence-corrected chi connectivity index (χ3v) is 3.85. The van der Waals surface area contributed by atoms with Crippen molar-refractivity contribution in [3.8, 4) is 5.75 Å². The Hall–Kier alpha value is -1.92.